The Bertz CT molecular complexity index is 764. The Labute approximate surface area is 257 Å². The van der Waals surface area contributed by atoms with Crippen LogP contribution in [0.1, 0.15) is 104 Å². The Kier molecular flexibility index (Phi) is 22.0. The van der Waals surface area contributed by atoms with Crippen LogP contribution in [0.5, 0.6) is 0 Å². The minimum Gasteiger partial charge on any atom is -0.394 e. The van der Waals surface area contributed by atoms with E-state index in [2.05, 4.69) is 24.4 Å². The number of carbonyl (C=O) groups is 1. The SMILES string of the molecule is C/C=C/CC/C=C/CCCC(O)C(O)C(COC1OC(CO)C(O)C(O)C1O)NC(=O)C(O)CCCCCCCCCC. The quantitative estimate of drug-likeness (QED) is 0.0587. The van der Waals surface area contributed by atoms with Gasteiger partial charge in [-0.3, -0.25) is 4.79 Å². The van der Waals surface area contributed by atoms with Crippen molar-refractivity contribution in [3.05, 3.63) is 24.3 Å². The molecule has 1 fully saturated rings. The molecule has 0 aromatic rings. The fraction of sp³-hybridized carbons (Fsp3) is 0.844. The summed E-state index contributed by atoms with van der Waals surface area (Å²) < 4.78 is 10.9. The van der Waals surface area contributed by atoms with Gasteiger partial charge in [0.25, 0.3) is 0 Å². The molecule has 252 valence electrons. The number of nitrogens with one attached hydrogen (secondary N) is 1. The van der Waals surface area contributed by atoms with Gasteiger partial charge in [-0.2, -0.15) is 0 Å². The maximum atomic E-state index is 12.8. The van der Waals surface area contributed by atoms with Gasteiger partial charge in [0.1, 0.15) is 36.6 Å². The summed E-state index contributed by atoms with van der Waals surface area (Å²) >= 11 is 0. The molecular weight excluding hydrogens is 558 g/mol. The van der Waals surface area contributed by atoms with Crippen LogP contribution in [0.25, 0.3) is 0 Å². The summed E-state index contributed by atoms with van der Waals surface area (Å²) in [6.45, 7) is 3.06. The van der Waals surface area contributed by atoms with E-state index in [1.165, 1.54) is 25.7 Å². The van der Waals surface area contributed by atoms with E-state index in [1.54, 1.807) is 0 Å². The third-order valence-corrected chi connectivity index (χ3v) is 7.83. The van der Waals surface area contributed by atoms with Crippen LogP contribution in [-0.4, -0.2) is 110 Å². The van der Waals surface area contributed by atoms with Crippen LogP contribution in [0, 0.1) is 0 Å². The Morgan fingerprint density at radius 1 is 0.837 bits per heavy atom. The van der Waals surface area contributed by atoms with Gasteiger partial charge in [-0.1, -0.05) is 82.6 Å². The standard InChI is InChI=1S/C32H59NO10/c1-3-5-7-9-11-13-15-17-19-24(35)27(37)23(22-42-32-30(40)29(39)28(38)26(21-34)43-32)33-31(41)25(36)20-18-16-14-12-10-8-6-4-2/h3,5,11,13,23-30,32,34-40H,4,6-10,12,14-22H2,1-2H3,(H,33,41)/b5-3+,13-11+. The topological polar surface area (TPSA) is 189 Å². The lowest BCUT2D eigenvalue weighted by Crippen LogP contribution is -2.60. The van der Waals surface area contributed by atoms with Crippen LogP contribution in [-0.2, 0) is 14.3 Å². The van der Waals surface area contributed by atoms with Crippen LogP contribution >= 0.6 is 0 Å². The van der Waals surface area contributed by atoms with Crippen LogP contribution in [0.4, 0.5) is 0 Å². The number of rotatable bonds is 24. The first-order chi connectivity index (χ1) is 20.7. The number of carbonyl (C=O) groups excluding carboxylic acids is 1. The molecule has 0 bridgehead atoms. The Balaban J connectivity index is 2.71. The first kappa shape index (κ1) is 39.6. The minimum atomic E-state index is -1.66. The van der Waals surface area contributed by atoms with Gasteiger partial charge in [0, 0.05) is 0 Å². The van der Waals surface area contributed by atoms with Gasteiger partial charge in [0.05, 0.1) is 25.4 Å². The van der Waals surface area contributed by atoms with Gasteiger partial charge < -0.3 is 50.5 Å². The molecule has 1 saturated heterocycles. The zero-order chi connectivity index (χ0) is 32.0. The highest BCUT2D eigenvalue weighted by Crippen LogP contribution is 2.23. The van der Waals surface area contributed by atoms with Gasteiger partial charge in [0.2, 0.25) is 5.91 Å². The number of hydrogen-bond acceptors (Lipinski definition) is 10. The molecule has 0 aromatic carbocycles. The van der Waals surface area contributed by atoms with E-state index in [1.807, 2.05) is 19.1 Å². The van der Waals surface area contributed by atoms with E-state index in [4.69, 9.17) is 9.47 Å². The fourth-order valence-electron chi connectivity index (χ4n) is 4.99. The Morgan fingerprint density at radius 2 is 1.47 bits per heavy atom. The molecule has 1 amide bonds. The van der Waals surface area contributed by atoms with E-state index in [0.717, 1.165) is 32.1 Å². The molecule has 43 heavy (non-hydrogen) atoms. The second kappa shape index (κ2) is 23.9. The van der Waals surface area contributed by atoms with Crippen molar-refractivity contribution in [3.63, 3.8) is 0 Å². The second-order valence-corrected chi connectivity index (χ2v) is 11.5. The van der Waals surface area contributed by atoms with Crippen molar-refractivity contribution in [1.82, 2.24) is 5.32 Å². The maximum Gasteiger partial charge on any atom is 0.249 e. The van der Waals surface area contributed by atoms with Crippen LogP contribution in [0.2, 0.25) is 0 Å². The number of aliphatic hydroxyl groups is 7. The van der Waals surface area contributed by atoms with Gasteiger partial charge in [-0.15, -0.1) is 0 Å². The van der Waals surface area contributed by atoms with Crippen molar-refractivity contribution >= 4 is 5.91 Å². The molecule has 8 N–H and O–H groups in total. The highest BCUT2D eigenvalue weighted by atomic mass is 16.7. The van der Waals surface area contributed by atoms with Crippen LogP contribution in [0.3, 0.4) is 0 Å². The molecule has 0 aliphatic carbocycles. The molecule has 1 aliphatic heterocycles. The molecule has 0 spiro atoms. The number of allylic oxidation sites excluding steroid dienone is 4. The predicted molar refractivity (Wildman–Crippen MR) is 164 cm³/mol. The summed E-state index contributed by atoms with van der Waals surface area (Å²) in [4.78, 5) is 12.8. The first-order valence-corrected chi connectivity index (χ1v) is 16.2. The van der Waals surface area contributed by atoms with Gasteiger partial charge in [0.15, 0.2) is 6.29 Å². The van der Waals surface area contributed by atoms with Crippen molar-refractivity contribution < 1.29 is 50.0 Å². The Hall–Kier alpha value is -1.41. The average Bonchev–Trinajstić information content (AvgIpc) is 3.00. The molecule has 1 rings (SSSR count). The fourth-order valence-corrected chi connectivity index (χ4v) is 4.99. The zero-order valence-electron chi connectivity index (χ0n) is 26.2. The molecule has 11 heteroatoms. The van der Waals surface area contributed by atoms with Gasteiger partial charge in [-0.05, 0) is 45.4 Å². The maximum absolute atomic E-state index is 12.8. The number of ether oxygens (including phenoxy) is 2. The molecule has 9 atom stereocenters. The van der Waals surface area contributed by atoms with Crippen molar-refractivity contribution in [2.75, 3.05) is 13.2 Å². The van der Waals surface area contributed by atoms with E-state index in [9.17, 15) is 40.5 Å². The lowest BCUT2D eigenvalue weighted by molar-refractivity contribution is -0.303. The molecule has 9 unspecified atom stereocenters. The monoisotopic (exact) mass is 617 g/mol. The smallest absolute Gasteiger partial charge is 0.249 e. The van der Waals surface area contributed by atoms with Crippen molar-refractivity contribution in [2.24, 2.45) is 0 Å². The molecule has 0 aromatic heterocycles. The lowest BCUT2D eigenvalue weighted by Gasteiger charge is -2.40. The normalized spacial score (nSPS) is 25.7. The molecular formula is C32H59NO10. The summed E-state index contributed by atoms with van der Waals surface area (Å²) in [5, 5.41) is 74.5. The van der Waals surface area contributed by atoms with E-state index in [0.29, 0.717) is 19.3 Å². The highest BCUT2D eigenvalue weighted by Gasteiger charge is 2.44. The molecule has 11 nitrogen and oxygen atoms in total. The number of unbranched alkanes of at least 4 members (excludes halogenated alkanes) is 9. The largest absolute Gasteiger partial charge is 0.394 e. The molecule has 0 radical (unpaired) electrons. The predicted octanol–water partition coefficient (Wildman–Crippen LogP) is 1.98. The summed E-state index contributed by atoms with van der Waals surface area (Å²) in [5.74, 6) is -0.722. The highest BCUT2D eigenvalue weighted by molar-refractivity contribution is 5.80. The van der Waals surface area contributed by atoms with Gasteiger partial charge >= 0.3 is 0 Å². The minimum absolute atomic E-state index is 0.244. The number of aliphatic hydroxyl groups excluding tert-OH is 7. The summed E-state index contributed by atoms with van der Waals surface area (Å²) in [6, 6.07) is -1.18. The van der Waals surface area contributed by atoms with Crippen LogP contribution < -0.4 is 5.32 Å². The van der Waals surface area contributed by atoms with E-state index >= 15 is 0 Å². The Morgan fingerprint density at radius 3 is 2.12 bits per heavy atom. The zero-order valence-corrected chi connectivity index (χ0v) is 26.2. The third-order valence-electron chi connectivity index (χ3n) is 7.83. The summed E-state index contributed by atoms with van der Waals surface area (Å²) in [7, 11) is 0. The van der Waals surface area contributed by atoms with E-state index in [-0.39, 0.29) is 12.8 Å². The van der Waals surface area contributed by atoms with E-state index < -0.39 is 74.2 Å². The molecule has 0 saturated carbocycles. The summed E-state index contributed by atoms with van der Waals surface area (Å²) in [5.41, 5.74) is 0. The average molecular weight is 618 g/mol. The number of hydrogen-bond donors (Lipinski definition) is 8. The molecule has 1 aliphatic rings. The van der Waals surface area contributed by atoms with Crippen molar-refractivity contribution in [1.29, 1.82) is 0 Å². The van der Waals surface area contributed by atoms with Crippen molar-refractivity contribution in [3.8, 4) is 0 Å². The lowest BCUT2D eigenvalue weighted by atomic mass is 9.98. The van der Waals surface area contributed by atoms with Gasteiger partial charge in [-0.25, -0.2) is 0 Å². The number of amides is 1. The first-order valence-electron chi connectivity index (χ1n) is 16.2. The molecule has 1 heterocycles. The summed E-state index contributed by atoms with van der Waals surface area (Å²) in [6.07, 6.45) is 8.81. The third kappa shape index (κ3) is 15.9. The van der Waals surface area contributed by atoms with Crippen LogP contribution in [0.15, 0.2) is 24.3 Å². The second-order valence-electron chi connectivity index (χ2n) is 11.5. The van der Waals surface area contributed by atoms with Crippen molar-refractivity contribution in [2.45, 2.75) is 159 Å².